The van der Waals surface area contributed by atoms with Crippen molar-refractivity contribution in [3.63, 3.8) is 0 Å². The number of aromatic nitrogens is 2. The van der Waals surface area contributed by atoms with Crippen molar-refractivity contribution < 1.29 is 4.74 Å². The summed E-state index contributed by atoms with van der Waals surface area (Å²) in [5, 5.41) is 0. The largest absolute Gasteiger partial charge is 0.366 e. The number of imidazole rings is 1. The lowest BCUT2D eigenvalue weighted by atomic mass is 9.81. The topological polar surface area (TPSA) is 30.3 Å². The lowest BCUT2D eigenvalue weighted by Gasteiger charge is -2.52. The van der Waals surface area contributed by atoms with Crippen molar-refractivity contribution >= 4 is 0 Å². The predicted octanol–water partition coefficient (Wildman–Crippen LogP) is 2.59. The average Bonchev–Trinajstić information content (AvgIpc) is 3.04. The Morgan fingerprint density at radius 1 is 1.33 bits per heavy atom. The highest BCUT2D eigenvalue weighted by Crippen LogP contribution is 2.55. The van der Waals surface area contributed by atoms with E-state index >= 15 is 0 Å². The van der Waals surface area contributed by atoms with Crippen LogP contribution in [0.3, 0.4) is 0 Å². The van der Waals surface area contributed by atoms with Gasteiger partial charge in [-0.2, -0.15) is 0 Å². The van der Waals surface area contributed by atoms with Gasteiger partial charge in [-0.1, -0.05) is 0 Å². The number of fused-ring (bicyclic) bond motifs is 3. The number of aryl methyl sites for hydroxylation is 1. The number of hydrogen-bond donors (Lipinski definition) is 0. The summed E-state index contributed by atoms with van der Waals surface area (Å²) in [7, 11) is 2.08. The SMILES string of the molecule is Cn1cncc1CN1CC(C)(C)O[C@@]2(C[C@@H]3CC[C@H]2C3)C1. The first kappa shape index (κ1) is 13.8. The molecule has 3 atom stereocenters. The van der Waals surface area contributed by atoms with Gasteiger partial charge in [-0.3, -0.25) is 4.90 Å². The Kier molecular flexibility index (Phi) is 2.99. The molecule has 116 valence electrons. The maximum Gasteiger partial charge on any atom is 0.0945 e. The van der Waals surface area contributed by atoms with E-state index in [1.54, 1.807) is 0 Å². The second-order valence-electron chi connectivity index (χ2n) is 8.15. The minimum atomic E-state index is -0.0404. The van der Waals surface area contributed by atoms with Crippen molar-refractivity contribution in [3.05, 3.63) is 18.2 Å². The van der Waals surface area contributed by atoms with Gasteiger partial charge in [0.05, 0.1) is 23.2 Å². The van der Waals surface area contributed by atoms with Crippen LogP contribution in [0.5, 0.6) is 0 Å². The van der Waals surface area contributed by atoms with Gasteiger partial charge in [0.1, 0.15) is 0 Å². The molecule has 2 saturated carbocycles. The highest BCUT2D eigenvalue weighted by molar-refractivity contribution is 5.09. The Bertz CT molecular complexity index is 538. The molecule has 2 heterocycles. The third-order valence-electron chi connectivity index (χ3n) is 5.80. The second-order valence-corrected chi connectivity index (χ2v) is 8.15. The molecule has 0 unspecified atom stereocenters. The minimum absolute atomic E-state index is 0.0404. The lowest BCUT2D eigenvalue weighted by molar-refractivity contribution is -0.218. The van der Waals surface area contributed by atoms with Crippen LogP contribution >= 0.6 is 0 Å². The van der Waals surface area contributed by atoms with Crippen LogP contribution in [0, 0.1) is 11.8 Å². The monoisotopic (exact) mass is 289 g/mol. The zero-order valence-corrected chi connectivity index (χ0v) is 13.5. The van der Waals surface area contributed by atoms with E-state index in [9.17, 15) is 0 Å². The van der Waals surface area contributed by atoms with Crippen molar-refractivity contribution in [2.45, 2.75) is 57.3 Å². The molecule has 4 rings (SSSR count). The molecular formula is C17H27N3O. The van der Waals surface area contributed by atoms with Crippen molar-refractivity contribution in [1.29, 1.82) is 0 Å². The highest BCUT2D eigenvalue weighted by atomic mass is 16.5. The Morgan fingerprint density at radius 2 is 2.19 bits per heavy atom. The minimum Gasteiger partial charge on any atom is -0.366 e. The molecule has 1 spiro atoms. The van der Waals surface area contributed by atoms with Crippen LogP contribution in [0.1, 0.15) is 45.2 Å². The van der Waals surface area contributed by atoms with E-state index in [4.69, 9.17) is 4.74 Å². The van der Waals surface area contributed by atoms with Crippen molar-refractivity contribution in [2.75, 3.05) is 13.1 Å². The van der Waals surface area contributed by atoms with Crippen LogP contribution in [0.4, 0.5) is 0 Å². The van der Waals surface area contributed by atoms with E-state index in [1.165, 1.54) is 31.4 Å². The van der Waals surface area contributed by atoms with Crippen LogP contribution in [0.15, 0.2) is 12.5 Å². The predicted molar refractivity (Wildman–Crippen MR) is 81.8 cm³/mol. The Morgan fingerprint density at radius 3 is 2.81 bits per heavy atom. The summed E-state index contributed by atoms with van der Waals surface area (Å²) in [6, 6.07) is 0. The van der Waals surface area contributed by atoms with Crippen molar-refractivity contribution in [3.8, 4) is 0 Å². The zero-order chi connectivity index (χ0) is 14.7. The van der Waals surface area contributed by atoms with Gasteiger partial charge in [0.25, 0.3) is 0 Å². The van der Waals surface area contributed by atoms with E-state index in [2.05, 4.69) is 35.3 Å². The molecule has 0 radical (unpaired) electrons. The number of hydrogen-bond acceptors (Lipinski definition) is 3. The fraction of sp³-hybridized carbons (Fsp3) is 0.824. The summed E-state index contributed by atoms with van der Waals surface area (Å²) in [4.78, 5) is 6.85. The fourth-order valence-electron chi connectivity index (χ4n) is 5.18. The van der Waals surface area contributed by atoms with Crippen LogP contribution in [0.2, 0.25) is 0 Å². The number of rotatable bonds is 2. The Labute approximate surface area is 127 Å². The van der Waals surface area contributed by atoms with Crippen molar-refractivity contribution in [1.82, 2.24) is 14.5 Å². The number of morpholine rings is 1. The molecule has 4 nitrogen and oxygen atoms in total. The van der Waals surface area contributed by atoms with E-state index in [0.29, 0.717) is 0 Å². The summed E-state index contributed by atoms with van der Waals surface area (Å²) in [6.45, 7) is 7.62. The van der Waals surface area contributed by atoms with Gasteiger partial charge in [0.2, 0.25) is 0 Å². The van der Waals surface area contributed by atoms with Crippen LogP contribution < -0.4 is 0 Å². The van der Waals surface area contributed by atoms with Gasteiger partial charge in [-0.25, -0.2) is 4.98 Å². The Hall–Kier alpha value is -0.870. The van der Waals surface area contributed by atoms with Gasteiger partial charge >= 0.3 is 0 Å². The molecule has 1 aromatic heterocycles. The molecule has 0 amide bonds. The molecule has 4 heteroatoms. The van der Waals surface area contributed by atoms with E-state index in [1.807, 2.05) is 12.5 Å². The maximum absolute atomic E-state index is 6.67. The number of ether oxygens (including phenoxy) is 1. The quantitative estimate of drug-likeness (QED) is 0.838. The third kappa shape index (κ3) is 2.33. The maximum atomic E-state index is 6.67. The summed E-state index contributed by atoms with van der Waals surface area (Å²) < 4.78 is 8.81. The van der Waals surface area contributed by atoms with E-state index < -0.39 is 0 Å². The van der Waals surface area contributed by atoms with Gasteiger partial charge in [-0.05, 0) is 51.4 Å². The summed E-state index contributed by atoms with van der Waals surface area (Å²) in [5.41, 5.74) is 1.39. The zero-order valence-electron chi connectivity index (χ0n) is 13.5. The molecule has 0 aromatic carbocycles. The van der Waals surface area contributed by atoms with Crippen LogP contribution in [-0.2, 0) is 18.3 Å². The van der Waals surface area contributed by atoms with Crippen LogP contribution in [0.25, 0.3) is 0 Å². The smallest absolute Gasteiger partial charge is 0.0945 e. The highest BCUT2D eigenvalue weighted by Gasteiger charge is 2.56. The molecule has 1 aromatic rings. The molecule has 21 heavy (non-hydrogen) atoms. The van der Waals surface area contributed by atoms with Gasteiger partial charge in [0, 0.05) is 32.9 Å². The van der Waals surface area contributed by atoms with E-state index in [0.717, 1.165) is 31.5 Å². The van der Waals surface area contributed by atoms with E-state index in [-0.39, 0.29) is 11.2 Å². The van der Waals surface area contributed by atoms with Crippen molar-refractivity contribution in [2.24, 2.45) is 18.9 Å². The molecule has 3 fully saturated rings. The molecule has 1 aliphatic heterocycles. The lowest BCUT2D eigenvalue weighted by Crippen LogP contribution is -2.61. The summed E-state index contributed by atoms with van der Waals surface area (Å²) >= 11 is 0. The van der Waals surface area contributed by atoms with Gasteiger partial charge in [-0.15, -0.1) is 0 Å². The summed E-state index contributed by atoms with van der Waals surface area (Å²) in [5.74, 6) is 1.71. The first-order chi connectivity index (χ1) is 9.96. The molecule has 0 N–H and O–H groups in total. The first-order valence-electron chi connectivity index (χ1n) is 8.34. The summed E-state index contributed by atoms with van der Waals surface area (Å²) in [6.07, 6.45) is 9.38. The first-order valence-corrected chi connectivity index (χ1v) is 8.34. The molecular weight excluding hydrogens is 262 g/mol. The third-order valence-corrected chi connectivity index (χ3v) is 5.80. The molecule has 1 saturated heterocycles. The van der Waals surface area contributed by atoms with Crippen LogP contribution in [-0.4, -0.2) is 38.7 Å². The molecule has 2 aliphatic carbocycles. The average molecular weight is 289 g/mol. The number of nitrogens with zero attached hydrogens (tertiary/aromatic N) is 3. The molecule has 3 aliphatic rings. The van der Waals surface area contributed by atoms with Gasteiger partial charge in [0.15, 0.2) is 0 Å². The molecule has 2 bridgehead atoms. The Balaban J connectivity index is 1.57. The van der Waals surface area contributed by atoms with Gasteiger partial charge < -0.3 is 9.30 Å². The normalized spacial score (nSPS) is 38.4. The fourth-order valence-corrected chi connectivity index (χ4v) is 5.18. The second kappa shape index (κ2) is 4.56. The standard InChI is InChI=1S/C17H27N3O/c1-16(2)10-20(9-15-8-18-12-19(15)3)11-17(21-16)7-13-4-5-14(17)6-13/h8,12-14H,4-7,9-11H2,1-3H3/t13-,14+,17+/m1/s1.